The summed E-state index contributed by atoms with van der Waals surface area (Å²) in [4.78, 5) is 13.2. The van der Waals surface area contributed by atoms with E-state index in [1.165, 1.54) is 18.4 Å². The van der Waals surface area contributed by atoms with Gasteiger partial charge in [0.15, 0.2) is 0 Å². The molecule has 0 bridgehead atoms. The Hall–Kier alpha value is -1.59. The number of hydrogen-bond donors (Lipinski definition) is 2. The van der Waals surface area contributed by atoms with Crippen LogP contribution in [0.25, 0.3) is 0 Å². The van der Waals surface area contributed by atoms with E-state index >= 15 is 0 Å². The molecule has 132 valence electrons. The average molecular weight is 332 g/mol. The molecule has 24 heavy (non-hydrogen) atoms. The highest BCUT2D eigenvalue weighted by molar-refractivity contribution is 5.69. The number of hydrogen-bond acceptors (Lipinski definition) is 4. The maximum Gasteiger partial charge on any atom is 0.317 e. The molecule has 0 aliphatic heterocycles. The van der Waals surface area contributed by atoms with Gasteiger partial charge in [-0.1, -0.05) is 12.1 Å². The first-order valence-corrected chi connectivity index (χ1v) is 9.05. The normalized spacial score (nSPS) is 23.1. The molecule has 1 aromatic rings. The van der Waals surface area contributed by atoms with Crippen LogP contribution in [-0.4, -0.2) is 47.8 Å². The smallest absolute Gasteiger partial charge is 0.317 e. The summed E-state index contributed by atoms with van der Waals surface area (Å²) in [6.45, 7) is 4.65. The molecule has 0 spiro atoms. The number of nitrogens with zero attached hydrogens (tertiary/aromatic N) is 1. The molecule has 5 nitrogen and oxygen atoms in total. The van der Waals surface area contributed by atoms with E-state index in [9.17, 15) is 4.79 Å². The van der Waals surface area contributed by atoms with E-state index in [0.717, 1.165) is 37.6 Å². The second-order valence-corrected chi connectivity index (χ2v) is 7.05. The first-order valence-electron chi connectivity index (χ1n) is 9.05. The summed E-state index contributed by atoms with van der Waals surface area (Å²) in [6.07, 6.45) is 4.62. The van der Waals surface area contributed by atoms with Crippen molar-refractivity contribution in [2.24, 2.45) is 5.92 Å². The number of ether oxygens (including phenoxy) is 1. The van der Waals surface area contributed by atoms with Crippen LogP contribution in [0.4, 0.5) is 0 Å². The Bertz CT molecular complexity index is 553. The highest BCUT2D eigenvalue weighted by Crippen LogP contribution is 2.33. The zero-order valence-corrected chi connectivity index (χ0v) is 14.4. The molecule has 0 aromatic heterocycles. The van der Waals surface area contributed by atoms with Crippen molar-refractivity contribution in [3.8, 4) is 5.75 Å². The summed E-state index contributed by atoms with van der Waals surface area (Å²) in [6, 6.07) is 9.10. The minimum atomic E-state index is -0.709. The number of carboxylic acid groups (broad SMARTS) is 1. The fraction of sp³-hybridized carbons (Fsp3) is 0.632. The van der Waals surface area contributed by atoms with Gasteiger partial charge in [0, 0.05) is 25.2 Å². The maximum absolute atomic E-state index is 11.1. The minimum absolute atomic E-state index is 0.185. The van der Waals surface area contributed by atoms with Crippen LogP contribution in [-0.2, 0) is 11.3 Å². The number of benzene rings is 1. The summed E-state index contributed by atoms with van der Waals surface area (Å²) in [5.74, 6) is 0.942. The molecule has 2 fully saturated rings. The van der Waals surface area contributed by atoms with Gasteiger partial charge in [-0.25, -0.2) is 0 Å². The molecule has 0 heterocycles. The molecule has 2 saturated carbocycles. The van der Waals surface area contributed by atoms with Gasteiger partial charge in [0.25, 0.3) is 0 Å². The Balaban J connectivity index is 1.42. The van der Waals surface area contributed by atoms with E-state index in [1.54, 1.807) is 0 Å². The van der Waals surface area contributed by atoms with Gasteiger partial charge in [0.1, 0.15) is 5.75 Å². The van der Waals surface area contributed by atoms with Crippen molar-refractivity contribution in [1.82, 2.24) is 10.2 Å². The summed E-state index contributed by atoms with van der Waals surface area (Å²) in [5.41, 5.74) is 1.23. The van der Waals surface area contributed by atoms with Crippen LogP contribution in [0, 0.1) is 5.92 Å². The van der Waals surface area contributed by atoms with E-state index in [2.05, 4.69) is 22.3 Å². The third-order valence-electron chi connectivity index (χ3n) is 4.96. The van der Waals surface area contributed by atoms with Crippen molar-refractivity contribution in [3.63, 3.8) is 0 Å². The fourth-order valence-corrected chi connectivity index (χ4v) is 3.38. The molecule has 2 aliphatic carbocycles. The first-order chi connectivity index (χ1) is 11.6. The summed E-state index contributed by atoms with van der Waals surface area (Å²) < 4.78 is 5.53. The number of nitrogens with one attached hydrogen (secondary N) is 1. The Morgan fingerprint density at radius 1 is 1.38 bits per heavy atom. The SMILES string of the molecule is CCOc1cccc(CNC2CC(N(CC(=O)O)CC3CC3)C2)c1. The molecule has 2 aliphatic rings. The van der Waals surface area contributed by atoms with Crippen LogP contribution in [0.2, 0.25) is 0 Å². The zero-order chi connectivity index (χ0) is 16.9. The van der Waals surface area contributed by atoms with Crippen LogP contribution in [0.15, 0.2) is 24.3 Å². The lowest BCUT2D eigenvalue weighted by Gasteiger charge is -2.43. The second kappa shape index (κ2) is 7.99. The van der Waals surface area contributed by atoms with E-state index in [0.29, 0.717) is 18.7 Å². The monoisotopic (exact) mass is 332 g/mol. The number of rotatable bonds is 10. The van der Waals surface area contributed by atoms with Crippen LogP contribution < -0.4 is 10.1 Å². The topological polar surface area (TPSA) is 61.8 Å². The van der Waals surface area contributed by atoms with Crippen LogP contribution in [0.5, 0.6) is 5.75 Å². The van der Waals surface area contributed by atoms with E-state index in [4.69, 9.17) is 9.84 Å². The van der Waals surface area contributed by atoms with E-state index < -0.39 is 5.97 Å². The predicted octanol–water partition coefficient (Wildman–Crippen LogP) is 2.50. The van der Waals surface area contributed by atoms with Gasteiger partial charge < -0.3 is 15.2 Å². The minimum Gasteiger partial charge on any atom is -0.494 e. The number of aliphatic carboxylic acids is 1. The van der Waals surface area contributed by atoms with Gasteiger partial charge in [-0.05, 0) is 56.2 Å². The molecule has 0 radical (unpaired) electrons. The largest absolute Gasteiger partial charge is 0.494 e. The summed E-state index contributed by atoms with van der Waals surface area (Å²) in [5, 5.41) is 12.7. The van der Waals surface area contributed by atoms with Crippen molar-refractivity contribution in [3.05, 3.63) is 29.8 Å². The van der Waals surface area contributed by atoms with E-state index in [1.807, 2.05) is 19.1 Å². The number of carbonyl (C=O) groups is 1. The molecular formula is C19H28N2O3. The molecule has 0 unspecified atom stereocenters. The van der Waals surface area contributed by atoms with Gasteiger partial charge in [-0.15, -0.1) is 0 Å². The molecule has 5 heteroatoms. The van der Waals surface area contributed by atoms with Crippen LogP contribution >= 0.6 is 0 Å². The van der Waals surface area contributed by atoms with Crippen molar-refractivity contribution < 1.29 is 14.6 Å². The van der Waals surface area contributed by atoms with Gasteiger partial charge in [0.05, 0.1) is 13.2 Å². The number of carboxylic acids is 1. The second-order valence-electron chi connectivity index (χ2n) is 7.05. The highest BCUT2D eigenvalue weighted by atomic mass is 16.5. The molecule has 0 amide bonds. The lowest BCUT2D eigenvalue weighted by Crippen LogP contribution is -2.54. The highest BCUT2D eigenvalue weighted by Gasteiger charge is 2.36. The quantitative estimate of drug-likeness (QED) is 0.689. The van der Waals surface area contributed by atoms with Gasteiger partial charge in [-0.3, -0.25) is 9.69 Å². The molecule has 0 atom stereocenters. The fourth-order valence-electron chi connectivity index (χ4n) is 3.38. The molecule has 3 rings (SSSR count). The van der Waals surface area contributed by atoms with Crippen LogP contribution in [0.1, 0.15) is 38.2 Å². The predicted molar refractivity (Wildman–Crippen MR) is 93.2 cm³/mol. The lowest BCUT2D eigenvalue weighted by molar-refractivity contribution is -0.139. The van der Waals surface area contributed by atoms with Gasteiger partial charge >= 0.3 is 5.97 Å². The molecular weight excluding hydrogens is 304 g/mol. The summed E-state index contributed by atoms with van der Waals surface area (Å²) >= 11 is 0. The third-order valence-corrected chi connectivity index (χ3v) is 4.96. The van der Waals surface area contributed by atoms with Crippen molar-refractivity contribution >= 4 is 5.97 Å². The Morgan fingerprint density at radius 2 is 2.17 bits per heavy atom. The zero-order valence-electron chi connectivity index (χ0n) is 14.4. The molecule has 2 N–H and O–H groups in total. The molecule has 1 aromatic carbocycles. The Kier molecular flexibility index (Phi) is 5.74. The first kappa shape index (κ1) is 17.2. The van der Waals surface area contributed by atoms with Crippen molar-refractivity contribution in [2.45, 2.75) is 51.2 Å². The Labute approximate surface area is 144 Å². The van der Waals surface area contributed by atoms with Gasteiger partial charge in [0.2, 0.25) is 0 Å². The average Bonchev–Trinajstić information content (AvgIpc) is 3.29. The summed E-state index contributed by atoms with van der Waals surface area (Å²) in [7, 11) is 0. The van der Waals surface area contributed by atoms with Crippen molar-refractivity contribution in [2.75, 3.05) is 19.7 Å². The lowest BCUT2D eigenvalue weighted by atomic mass is 9.85. The van der Waals surface area contributed by atoms with Gasteiger partial charge in [-0.2, -0.15) is 0 Å². The molecule has 0 saturated heterocycles. The standard InChI is InChI=1S/C19H28N2O3/c1-2-24-18-5-3-4-15(8-18)11-20-16-9-17(10-16)21(13-19(22)23)12-14-6-7-14/h3-5,8,14,16-17,20H,2,6-7,9-13H2,1H3,(H,22,23). The maximum atomic E-state index is 11.1. The van der Waals surface area contributed by atoms with Crippen LogP contribution in [0.3, 0.4) is 0 Å². The Morgan fingerprint density at radius 3 is 2.83 bits per heavy atom. The third kappa shape index (κ3) is 4.95. The van der Waals surface area contributed by atoms with Crippen molar-refractivity contribution in [1.29, 1.82) is 0 Å². The van der Waals surface area contributed by atoms with E-state index in [-0.39, 0.29) is 6.54 Å².